The van der Waals surface area contributed by atoms with Gasteiger partial charge in [-0.1, -0.05) is 6.92 Å². The Bertz CT molecular complexity index is 252. The summed E-state index contributed by atoms with van der Waals surface area (Å²) in [7, 11) is -4.05. The lowest BCUT2D eigenvalue weighted by Crippen LogP contribution is -2.48. The zero-order chi connectivity index (χ0) is 11.6. The molecule has 0 aromatic heterocycles. The van der Waals surface area contributed by atoms with E-state index in [1.54, 1.807) is 6.92 Å². The Morgan fingerprint density at radius 2 is 2.00 bits per heavy atom. The first-order valence-corrected chi connectivity index (χ1v) is 6.63. The van der Waals surface area contributed by atoms with Gasteiger partial charge in [0.05, 0.1) is 31.1 Å². The maximum absolute atomic E-state index is 10.6. The van der Waals surface area contributed by atoms with Crippen molar-refractivity contribution in [3.63, 3.8) is 0 Å². The molecule has 4 atom stereocenters. The molecule has 0 aliphatic carbocycles. The van der Waals surface area contributed by atoms with Crippen molar-refractivity contribution < 1.29 is 29.3 Å². The first-order chi connectivity index (χ1) is 6.81. The van der Waals surface area contributed by atoms with Gasteiger partial charge in [-0.3, -0.25) is 4.57 Å². The molecule has 0 spiro atoms. The van der Waals surface area contributed by atoms with Crippen LogP contribution >= 0.6 is 7.60 Å². The first kappa shape index (κ1) is 13.1. The normalized spacial score (nSPS) is 37.9. The predicted molar refractivity (Wildman–Crippen MR) is 52.4 cm³/mol. The number of rotatable bonds is 3. The molecule has 6 nitrogen and oxygen atoms in total. The van der Waals surface area contributed by atoms with Gasteiger partial charge in [-0.25, -0.2) is 0 Å². The van der Waals surface area contributed by atoms with Gasteiger partial charge >= 0.3 is 7.60 Å². The van der Waals surface area contributed by atoms with Crippen LogP contribution in [0.1, 0.15) is 13.3 Å². The molecule has 0 bridgehead atoms. The van der Waals surface area contributed by atoms with Crippen LogP contribution in [0.5, 0.6) is 0 Å². The Hall–Kier alpha value is 0.0300. The van der Waals surface area contributed by atoms with Crippen LogP contribution in [-0.2, 0) is 9.30 Å². The fourth-order valence-corrected chi connectivity index (χ4v) is 2.18. The van der Waals surface area contributed by atoms with Crippen molar-refractivity contribution in [2.45, 2.75) is 31.7 Å². The van der Waals surface area contributed by atoms with Gasteiger partial charge in [0.1, 0.15) is 0 Å². The summed E-state index contributed by atoms with van der Waals surface area (Å²) >= 11 is 0. The lowest BCUT2D eigenvalue weighted by molar-refractivity contribution is -0.154. The summed E-state index contributed by atoms with van der Waals surface area (Å²) in [4.78, 5) is 17.4. The number of aliphatic hydroxyl groups is 2. The van der Waals surface area contributed by atoms with Gasteiger partial charge < -0.3 is 24.7 Å². The maximum Gasteiger partial charge on any atom is 0.325 e. The predicted octanol–water partition coefficient (Wildman–Crippen LogP) is -0.689. The summed E-state index contributed by atoms with van der Waals surface area (Å²) < 4.78 is 15.8. The average Bonchev–Trinajstić information content (AvgIpc) is 2.12. The van der Waals surface area contributed by atoms with Gasteiger partial charge in [-0.15, -0.1) is 0 Å². The van der Waals surface area contributed by atoms with Crippen LogP contribution in [0.15, 0.2) is 0 Å². The SMILES string of the molecule is C[C@H]1[C@H](O)[C@@H](CCP(=O)(O)O)OC[C@H]1O. The highest BCUT2D eigenvalue weighted by Gasteiger charge is 2.36. The Labute approximate surface area is 88.0 Å². The van der Waals surface area contributed by atoms with Gasteiger partial charge in [0, 0.05) is 5.92 Å². The van der Waals surface area contributed by atoms with Crippen molar-refractivity contribution in [2.75, 3.05) is 12.8 Å². The van der Waals surface area contributed by atoms with Crippen molar-refractivity contribution in [2.24, 2.45) is 5.92 Å². The molecule has 1 heterocycles. The molecule has 0 aromatic rings. The van der Waals surface area contributed by atoms with Crippen molar-refractivity contribution >= 4 is 7.60 Å². The van der Waals surface area contributed by atoms with Crippen LogP contribution < -0.4 is 0 Å². The highest BCUT2D eigenvalue weighted by atomic mass is 31.2. The van der Waals surface area contributed by atoms with Gasteiger partial charge in [-0.05, 0) is 6.42 Å². The van der Waals surface area contributed by atoms with Gasteiger partial charge in [0.15, 0.2) is 0 Å². The quantitative estimate of drug-likeness (QED) is 0.486. The second-order valence-corrected chi connectivity index (χ2v) is 5.74. The second-order valence-electron chi connectivity index (χ2n) is 3.97. The molecule has 15 heavy (non-hydrogen) atoms. The summed E-state index contributed by atoms with van der Waals surface area (Å²) in [5.74, 6) is -0.333. The summed E-state index contributed by atoms with van der Waals surface area (Å²) in [6.45, 7) is 1.78. The Morgan fingerprint density at radius 1 is 1.40 bits per heavy atom. The number of ether oxygens (including phenoxy) is 1. The molecule has 90 valence electrons. The van der Waals surface area contributed by atoms with E-state index in [9.17, 15) is 14.8 Å². The van der Waals surface area contributed by atoms with Gasteiger partial charge in [-0.2, -0.15) is 0 Å². The molecule has 1 fully saturated rings. The molecule has 1 saturated heterocycles. The smallest absolute Gasteiger partial charge is 0.325 e. The third-order valence-corrected chi connectivity index (χ3v) is 3.55. The summed E-state index contributed by atoms with van der Waals surface area (Å²) in [6.07, 6.45) is -2.40. The molecular formula is C8H17O6P. The number of aliphatic hydroxyl groups excluding tert-OH is 2. The van der Waals surface area contributed by atoms with Crippen molar-refractivity contribution in [1.29, 1.82) is 0 Å². The topological polar surface area (TPSA) is 107 Å². The van der Waals surface area contributed by atoms with Crippen molar-refractivity contribution in [3.05, 3.63) is 0 Å². The summed E-state index contributed by atoms with van der Waals surface area (Å²) in [5.41, 5.74) is 0. The molecule has 0 radical (unpaired) electrons. The van der Waals surface area contributed by atoms with E-state index in [2.05, 4.69) is 0 Å². The maximum atomic E-state index is 10.6. The minimum Gasteiger partial charge on any atom is -0.390 e. The number of hydrogen-bond acceptors (Lipinski definition) is 4. The van der Waals surface area contributed by atoms with Crippen LogP contribution in [0, 0.1) is 5.92 Å². The van der Waals surface area contributed by atoms with Crippen molar-refractivity contribution in [1.82, 2.24) is 0 Å². The molecule has 1 rings (SSSR count). The van der Waals surface area contributed by atoms with Crippen LogP contribution in [0.25, 0.3) is 0 Å². The third-order valence-electron chi connectivity index (χ3n) is 2.71. The van der Waals surface area contributed by atoms with E-state index in [1.807, 2.05) is 0 Å². The minimum absolute atomic E-state index is 0.0997. The Balaban J connectivity index is 2.46. The first-order valence-electron chi connectivity index (χ1n) is 4.83. The fraction of sp³-hybridized carbons (Fsp3) is 1.00. The van der Waals surface area contributed by atoms with E-state index in [4.69, 9.17) is 14.5 Å². The van der Waals surface area contributed by atoms with Crippen LogP contribution in [0.2, 0.25) is 0 Å². The fourth-order valence-electron chi connectivity index (χ4n) is 1.59. The molecule has 0 saturated carbocycles. The highest BCUT2D eigenvalue weighted by molar-refractivity contribution is 7.51. The number of hydrogen-bond donors (Lipinski definition) is 4. The monoisotopic (exact) mass is 240 g/mol. The molecule has 0 unspecified atom stereocenters. The standard InChI is InChI=1S/C8H17O6P/c1-5-6(9)4-14-7(8(5)10)2-3-15(11,12)13/h5-10H,2-4H2,1H3,(H2,11,12,13)/t5-,6-,7-,8+/m1/s1. The van der Waals surface area contributed by atoms with Gasteiger partial charge in [0.25, 0.3) is 0 Å². The lowest BCUT2D eigenvalue weighted by Gasteiger charge is -2.36. The van der Waals surface area contributed by atoms with E-state index in [-0.39, 0.29) is 25.1 Å². The molecule has 0 aromatic carbocycles. The third kappa shape index (κ3) is 3.83. The lowest BCUT2D eigenvalue weighted by atomic mass is 9.91. The van der Waals surface area contributed by atoms with E-state index < -0.39 is 25.9 Å². The van der Waals surface area contributed by atoms with Crippen molar-refractivity contribution in [3.8, 4) is 0 Å². The second kappa shape index (κ2) is 4.91. The molecule has 1 aliphatic rings. The average molecular weight is 240 g/mol. The molecular weight excluding hydrogens is 223 g/mol. The van der Waals surface area contributed by atoms with Crippen LogP contribution in [0.3, 0.4) is 0 Å². The molecule has 0 amide bonds. The minimum atomic E-state index is -4.05. The largest absolute Gasteiger partial charge is 0.390 e. The highest BCUT2D eigenvalue weighted by Crippen LogP contribution is 2.37. The van der Waals surface area contributed by atoms with Crippen LogP contribution in [0.4, 0.5) is 0 Å². The Kier molecular flexibility index (Phi) is 4.29. The molecule has 1 aliphatic heterocycles. The Morgan fingerprint density at radius 3 is 2.53 bits per heavy atom. The molecule has 4 N–H and O–H groups in total. The summed E-state index contributed by atoms with van der Waals surface area (Å²) in [5, 5.41) is 19.0. The van der Waals surface area contributed by atoms with E-state index in [0.29, 0.717) is 0 Å². The zero-order valence-corrected chi connectivity index (χ0v) is 9.38. The molecule has 7 heteroatoms. The van der Waals surface area contributed by atoms with Gasteiger partial charge in [0.2, 0.25) is 0 Å². The van der Waals surface area contributed by atoms with E-state index >= 15 is 0 Å². The van der Waals surface area contributed by atoms with Crippen LogP contribution in [-0.4, -0.2) is 51.1 Å². The van der Waals surface area contributed by atoms with E-state index in [1.165, 1.54) is 0 Å². The zero-order valence-electron chi connectivity index (χ0n) is 8.48. The van der Waals surface area contributed by atoms with E-state index in [0.717, 1.165) is 0 Å². The summed E-state index contributed by atoms with van der Waals surface area (Å²) in [6, 6.07) is 0.